The van der Waals surface area contributed by atoms with Crippen LogP contribution in [0.25, 0.3) is 0 Å². The first kappa shape index (κ1) is 11.5. The predicted molar refractivity (Wildman–Crippen MR) is 55.8 cm³/mol. The number of hydroxylamine groups is 2. The van der Waals surface area contributed by atoms with Gasteiger partial charge in [0.05, 0.1) is 0 Å². The van der Waals surface area contributed by atoms with E-state index in [1.54, 1.807) is 7.05 Å². The van der Waals surface area contributed by atoms with E-state index in [-0.39, 0.29) is 5.82 Å². The molecule has 0 unspecified atom stereocenters. The Morgan fingerprint density at radius 3 is 2.60 bits per heavy atom. The number of rotatable bonds is 4. The van der Waals surface area contributed by atoms with Crippen molar-refractivity contribution >= 4 is 12.1 Å². The zero-order valence-electron chi connectivity index (χ0n) is 8.92. The van der Waals surface area contributed by atoms with Gasteiger partial charge in [-0.3, -0.25) is 15.0 Å². The molecule has 1 fully saturated rings. The minimum absolute atomic E-state index is 0.192. The number of hydrogen-bond donors (Lipinski definition) is 2. The third-order valence-electron chi connectivity index (χ3n) is 2.04. The molecule has 0 radical (unpaired) electrons. The number of hydrogen-bond acceptors (Lipinski definition) is 5. The maximum Gasteiger partial charge on any atom is 0.273 e. The van der Waals surface area contributed by atoms with Crippen molar-refractivity contribution in [3.05, 3.63) is 11.9 Å². The number of carbonyl (C=O) groups is 1. The predicted octanol–water partition coefficient (Wildman–Crippen LogP) is -0.0383. The second-order valence-electron chi connectivity index (χ2n) is 3.56. The Labute approximate surface area is 88.6 Å². The van der Waals surface area contributed by atoms with Crippen LogP contribution in [0.15, 0.2) is 17.0 Å². The highest BCUT2D eigenvalue weighted by Gasteiger charge is 2.18. The topological polar surface area (TPSA) is 82.2 Å². The molecule has 3 N–H and O–H groups in total. The number of nitrogens with two attached hydrogens (primary N) is 1. The molecule has 0 aromatic rings. The van der Waals surface area contributed by atoms with E-state index in [4.69, 9.17) is 10.9 Å². The Bertz CT molecular complexity index is 294. The van der Waals surface area contributed by atoms with Gasteiger partial charge in [-0.25, -0.2) is 5.06 Å². The van der Waals surface area contributed by atoms with Gasteiger partial charge in [-0.2, -0.15) is 5.10 Å². The molecule has 1 aliphatic rings. The van der Waals surface area contributed by atoms with Gasteiger partial charge < -0.3 is 5.73 Å². The molecule has 84 valence electrons. The fourth-order valence-corrected chi connectivity index (χ4v) is 0.820. The van der Waals surface area contributed by atoms with Crippen LogP contribution in [0.2, 0.25) is 0 Å². The molecule has 6 heteroatoms. The summed E-state index contributed by atoms with van der Waals surface area (Å²) in [6, 6.07) is 0. The highest BCUT2D eigenvalue weighted by molar-refractivity contribution is 5.86. The van der Waals surface area contributed by atoms with Gasteiger partial charge in [-0.05, 0) is 18.8 Å². The first-order chi connectivity index (χ1) is 7.00. The lowest BCUT2D eigenvalue weighted by molar-refractivity contribution is -0.153. The van der Waals surface area contributed by atoms with Gasteiger partial charge in [0.2, 0.25) is 0 Å². The molecule has 15 heavy (non-hydrogen) atoms. The zero-order chi connectivity index (χ0) is 11.4. The molecular formula is C9H16N4O2. The fraction of sp³-hybridized carbons (Fsp3) is 0.556. The summed E-state index contributed by atoms with van der Waals surface area (Å²) in [4.78, 5) is 11.0. The molecule has 0 aromatic heterocycles. The number of carbonyl (C=O) groups excluding carboxylic acids is 1. The smallest absolute Gasteiger partial charge is 0.273 e. The van der Waals surface area contributed by atoms with Crippen LogP contribution in [-0.2, 0) is 4.79 Å². The van der Waals surface area contributed by atoms with Crippen molar-refractivity contribution in [2.45, 2.75) is 12.8 Å². The lowest BCUT2D eigenvalue weighted by Crippen LogP contribution is -2.25. The van der Waals surface area contributed by atoms with E-state index in [0.717, 1.165) is 6.08 Å². The van der Waals surface area contributed by atoms with Gasteiger partial charge >= 0.3 is 0 Å². The maximum absolute atomic E-state index is 11.0. The molecule has 0 atom stereocenters. The first-order valence-corrected chi connectivity index (χ1v) is 4.72. The molecule has 1 amide bonds. The molecule has 0 aliphatic heterocycles. The molecule has 1 aliphatic carbocycles. The highest BCUT2D eigenvalue weighted by Crippen LogP contribution is 2.26. The van der Waals surface area contributed by atoms with Gasteiger partial charge in [0.15, 0.2) is 0 Å². The zero-order valence-corrected chi connectivity index (χ0v) is 8.92. The lowest BCUT2D eigenvalue weighted by atomic mass is 10.5. The largest absolute Gasteiger partial charge is 0.384 e. The molecule has 1 rings (SSSR count). The normalized spacial score (nSPS) is 16.9. The molecule has 0 bridgehead atoms. The first-order valence-electron chi connectivity index (χ1n) is 4.72. The van der Waals surface area contributed by atoms with Crippen LogP contribution in [0.1, 0.15) is 12.8 Å². The molecular weight excluding hydrogens is 196 g/mol. The van der Waals surface area contributed by atoms with Crippen molar-refractivity contribution in [1.82, 2.24) is 10.1 Å². The lowest BCUT2D eigenvalue weighted by Gasteiger charge is -2.13. The van der Waals surface area contributed by atoms with Gasteiger partial charge in [0.25, 0.3) is 5.91 Å². The summed E-state index contributed by atoms with van der Waals surface area (Å²) in [5.41, 5.74) is 5.58. The van der Waals surface area contributed by atoms with E-state index in [2.05, 4.69) is 5.10 Å². The van der Waals surface area contributed by atoms with Crippen LogP contribution in [0.4, 0.5) is 0 Å². The van der Waals surface area contributed by atoms with E-state index in [9.17, 15) is 4.79 Å². The summed E-state index contributed by atoms with van der Waals surface area (Å²) in [7, 11) is 2.88. The quantitative estimate of drug-likeness (QED) is 0.296. The van der Waals surface area contributed by atoms with Gasteiger partial charge in [0.1, 0.15) is 5.82 Å². The average Bonchev–Trinajstić information content (AvgIpc) is 2.97. The Morgan fingerprint density at radius 1 is 1.53 bits per heavy atom. The van der Waals surface area contributed by atoms with Crippen LogP contribution in [0, 0.1) is 5.92 Å². The van der Waals surface area contributed by atoms with Gasteiger partial charge in [-0.15, -0.1) is 0 Å². The Hall–Kier alpha value is -1.56. The van der Waals surface area contributed by atoms with Gasteiger partial charge in [-0.1, -0.05) is 0 Å². The summed E-state index contributed by atoms with van der Waals surface area (Å²) in [5.74, 6) is 0.162. The Kier molecular flexibility index (Phi) is 3.68. The molecule has 1 saturated carbocycles. The van der Waals surface area contributed by atoms with Crippen LogP contribution in [0.5, 0.6) is 0 Å². The fourth-order valence-electron chi connectivity index (χ4n) is 0.820. The maximum atomic E-state index is 11.0. The summed E-state index contributed by atoms with van der Waals surface area (Å²) in [6.07, 6.45) is 5.26. The van der Waals surface area contributed by atoms with Crippen molar-refractivity contribution in [2.75, 3.05) is 14.1 Å². The standard InChI is InChI=1S/C9H16N4O2/c1-12(11-6-7-3-4-7)8(10)5-9(14)13(2)15/h5-7,15H,3-4,10H2,1-2H3/b8-5+,11-6+. The van der Waals surface area contributed by atoms with E-state index in [1.807, 2.05) is 6.21 Å². The van der Waals surface area contributed by atoms with Crippen molar-refractivity contribution in [1.29, 1.82) is 0 Å². The summed E-state index contributed by atoms with van der Waals surface area (Å²) >= 11 is 0. The van der Waals surface area contributed by atoms with E-state index in [1.165, 1.54) is 24.9 Å². The van der Waals surface area contributed by atoms with Crippen LogP contribution in [0.3, 0.4) is 0 Å². The summed E-state index contributed by atoms with van der Waals surface area (Å²) in [6.45, 7) is 0. The Morgan fingerprint density at radius 2 is 2.13 bits per heavy atom. The van der Waals surface area contributed by atoms with Crippen molar-refractivity contribution < 1.29 is 10.0 Å². The molecule has 0 heterocycles. The second kappa shape index (κ2) is 4.79. The van der Waals surface area contributed by atoms with Crippen molar-refractivity contribution in [3.63, 3.8) is 0 Å². The van der Waals surface area contributed by atoms with Crippen molar-refractivity contribution in [2.24, 2.45) is 16.8 Å². The van der Waals surface area contributed by atoms with Crippen LogP contribution >= 0.6 is 0 Å². The van der Waals surface area contributed by atoms with E-state index < -0.39 is 5.91 Å². The second-order valence-corrected chi connectivity index (χ2v) is 3.56. The molecule has 0 aromatic carbocycles. The van der Waals surface area contributed by atoms with Crippen molar-refractivity contribution in [3.8, 4) is 0 Å². The average molecular weight is 212 g/mol. The number of nitrogens with zero attached hydrogens (tertiary/aromatic N) is 3. The minimum atomic E-state index is -0.582. The monoisotopic (exact) mass is 212 g/mol. The molecule has 6 nitrogen and oxygen atoms in total. The van der Waals surface area contributed by atoms with Gasteiger partial charge in [0, 0.05) is 26.4 Å². The Balaban J connectivity index is 2.49. The summed E-state index contributed by atoms with van der Waals surface area (Å²) < 4.78 is 0. The molecule has 0 spiro atoms. The SMILES string of the molecule is CN(O)C(=O)/C=C(\N)N(C)/N=C/C1CC1. The number of likely N-dealkylation sites (N-methyl/N-ethyl adjacent to an activating group) is 1. The molecule has 0 saturated heterocycles. The number of hydrazone groups is 1. The minimum Gasteiger partial charge on any atom is -0.384 e. The van der Waals surface area contributed by atoms with Crippen LogP contribution in [-0.4, -0.2) is 41.5 Å². The number of amides is 1. The third-order valence-corrected chi connectivity index (χ3v) is 2.04. The highest BCUT2D eigenvalue weighted by atomic mass is 16.5. The van der Waals surface area contributed by atoms with Crippen LogP contribution < -0.4 is 5.73 Å². The van der Waals surface area contributed by atoms with E-state index in [0.29, 0.717) is 11.0 Å². The third kappa shape index (κ3) is 3.99. The van der Waals surface area contributed by atoms with E-state index >= 15 is 0 Å². The summed E-state index contributed by atoms with van der Waals surface area (Å²) in [5, 5.41) is 14.7.